The van der Waals surface area contributed by atoms with Gasteiger partial charge in [-0.2, -0.15) is 0 Å². The SMILES string of the molecule is CCN(CC1CC(C(C)C)CCC1=O)c1ccccc1C. The number of hydrogen-bond donors (Lipinski definition) is 0. The van der Waals surface area contributed by atoms with E-state index in [1.54, 1.807) is 0 Å². The van der Waals surface area contributed by atoms with Crippen LogP contribution in [0.4, 0.5) is 5.69 Å². The minimum atomic E-state index is 0.214. The highest BCUT2D eigenvalue weighted by Crippen LogP contribution is 2.33. The molecule has 1 fully saturated rings. The number of para-hydroxylation sites is 1. The maximum Gasteiger partial charge on any atom is 0.137 e. The van der Waals surface area contributed by atoms with Crippen LogP contribution >= 0.6 is 0 Å². The van der Waals surface area contributed by atoms with E-state index in [9.17, 15) is 4.79 Å². The minimum Gasteiger partial charge on any atom is -0.371 e. The summed E-state index contributed by atoms with van der Waals surface area (Å²) in [7, 11) is 0. The zero-order valence-corrected chi connectivity index (χ0v) is 13.9. The summed E-state index contributed by atoms with van der Waals surface area (Å²) >= 11 is 0. The molecule has 0 aliphatic heterocycles. The van der Waals surface area contributed by atoms with E-state index in [0.29, 0.717) is 17.6 Å². The summed E-state index contributed by atoms with van der Waals surface area (Å²) in [5.74, 6) is 2.09. The van der Waals surface area contributed by atoms with Crippen LogP contribution in [-0.4, -0.2) is 18.9 Å². The largest absolute Gasteiger partial charge is 0.371 e. The van der Waals surface area contributed by atoms with Crippen LogP contribution in [0.2, 0.25) is 0 Å². The minimum absolute atomic E-state index is 0.214. The van der Waals surface area contributed by atoms with Crippen molar-refractivity contribution in [2.75, 3.05) is 18.0 Å². The second-order valence-corrected chi connectivity index (χ2v) is 6.77. The van der Waals surface area contributed by atoms with E-state index in [-0.39, 0.29) is 5.92 Å². The van der Waals surface area contributed by atoms with Crippen molar-refractivity contribution in [2.45, 2.75) is 47.0 Å². The van der Waals surface area contributed by atoms with Gasteiger partial charge < -0.3 is 4.90 Å². The molecule has 2 nitrogen and oxygen atoms in total. The third kappa shape index (κ3) is 3.87. The van der Waals surface area contributed by atoms with Crippen molar-refractivity contribution < 1.29 is 4.79 Å². The van der Waals surface area contributed by atoms with Gasteiger partial charge in [-0.25, -0.2) is 0 Å². The van der Waals surface area contributed by atoms with Gasteiger partial charge in [0, 0.05) is 31.1 Å². The van der Waals surface area contributed by atoms with Gasteiger partial charge in [0.25, 0.3) is 0 Å². The Morgan fingerprint density at radius 1 is 1.29 bits per heavy atom. The third-order valence-corrected chi connectivity index (χ3v) is 5.03. The summed E-state index contributed by atoms with van der Waals surface area (Å²) in [6.07, 6.45) is 2.93. The highest BCUT2D eigenvalue weighted by Gasteiger charge is 2.31. The lowest BCUT2D eigenvalue weighted by molar-refractivity contribution is -0.125. The molecule has 1 aliphatic carbocycles. The first-order chi connectivity index (χ1) is 10.0. The van der Waals surface area contributed by atoms with Crippen molar-refractivity contribution in [3.63, 3.8) is 0 Å². The lowest BCUT2D eigenvalue weighted by Gasteiger charge is -2.35. The Labute approximate surface area is 129 Å². The van der Waals surface area contributed by atoms with Gasteiger partial charge in [0.05, 0.1) is 0 Å². The van der Waals surface area contributed by atoms with Crippen molar-refractivity contribution in [1.29, 1.82) is 0 Å². The Hall–Kier alpha value is -1.31. The predicted octanol–water partition coefficient (Wildman–Crippen LogP) is 4.46. The van der Waals surface area contributed by atoms with Crippen molar-refractivity contribution >= 4 is 11.5 Å². The Balaban J connectivity index is 2.10. The molecule has 21 heavy (non-hydrogen) atoms. The molecule has 0 bridgehead atoms. The van der Waals surface area contributed by atoms with Crippen molar-refractivity contribution in [3.05, 3.63) is 29.8 Å². The van der Waals surface area contributed by atoms with Gasteiger partial charge in [-0.3, -0.25) is 4.79 Å². The van der Waals surface area contributed by atoms with Gasteiger partial charge in [0.2, 0.25) is 0 Å². The topological polar surface area (TPSA) is 20.3 Å². The number of anilines is 1. The van der Waals surface area contributed by atoms with Gasteiger partial charge in [-0.05, 0) is 50.2 Å². The maximum absolute atomic E-state index is 12.3. The van der Waals surface area contributed by atoms with Crippen LogP contribution in [0.15, 0.2) is 24.3 Å². The first-order valence-electron chi connectivity index (χ1n) is 8.36. The van der Waals surface area contributed by atoms with Crippen LogP contribution in [0.5, 0.6) is 0 Å². The molecular weight excluding hydrogens is 258 g/mol. The van der Waals surface area contributed by atoms with Gasteiger partial charge in [0.15, 0.2) is 0 Å². The molecule has 0 amide bonds. The fraction of sp³-hybridized carbons (Fsp3) is 0.632. The summed E-state index contributed by atoms with van der Waals surface area (Å²) in [4.78, 5) is 14.7. The summed E-state index contributed by atoms with van der Waals surface area (Å²) in [5, 5.41) is 0. The maximum atomic E-state index is 12.3. The van der Waals surface area contributed by atoms with Crippen LogP contribution in [0.1, 0.15) is 45.6 Å². The number of hydrogen-bond acceptors (Lipinski definition) is 2. The van der Waals surface area contributed by atoms with E-state index in [0.717, 1.165) is 32.4 Å². The lowest BCUT2D eigenvalue weighted by atomic mass is 9.75. The molecule has 1 saturated carbocycles. The summed E-state index contributed by atoms with van der Waals surface area (Å²) in [5.41, 5.74) is 2.57. The normalized spacial score (nSPS) is 22.6. The van der Waals surface area contributed by atoms with Crippen molar-refractivity contribution in [2.24, 2.45) is 17.8 Å². The highest BCUT2D eigenvalue weighted by atomic mass is 16.1. The van der Waals surface area contributed by atoms with Gasteiger partial charge in [-0.1, -0.05) is 32.0 Å². The molecule has 1 aromatic rings. The molecule has 2 heteroatoms. The summed E-state index contributed by atoms with van der Waals surface area (Å²) in [6, 6.07) is 8.49. The number of carbonyl (C=O) groups excluding carboxylic acids is 1. The van der Waals surface area contributed by atoms with E-state index < -0.39 is 0 Å². The number of Topliss-reactive ketones (excluding diaryl/α,β-unsaturated/α-hetero) is 1. The number of nitrogens with zero attached hydrogens (tertiary/aromatic N) is 1. The number of carbonyl (C=O) groups is 1. The summed E-state index contributed by atoms with van der Waals surface area (Å²) in [6.45, 7) is 10.7. The number of rotatable bonds is 5. The van der Waals surface area contributed by atoms with Crippen LogP contribution in [0.3, 0.4) is 0 Å². The van der Waals surface area contributed by atoms with Gasteiger partial charge in [-0.15, -0.1) is 0 Å². The molecule has 1 aromatic carbocycles. The average molecular weight is 287 g/mol. The van der Waals surface area contributed by atoms with Crippen LogP contribution in [-0.2, 0) is 4.79 Å². The third-order valence-electron chi connectivity index (χ3n) is 5.03. The fourth-order valence-corrected chi connectivity index (χ4v) is 3.51. The lowest BCUT2D eigenvalue weighted by Crippen LogP contribution is -2.38. The van der Waals surface area contributed by atoms with E-state index in [2.05, 4.69) is 56.9 Å². The molecule has 0 N–H and O–H groups in total. The molecule has 0 heterocycles. The molecule has 2 rings (SSSR count). The Morgan fingerprint density at radius 3 is 2.62 bits per heavy atom. The Morgan fingerprint density at radius 2 is 2.00 bits per heavy atom. The monoisotopic (exact) mass is 287 g/mol. The van der Waals surface area contributed by atoms with Gasteiger partial charge >= 0.3 is 0 Å². The molecule has 0 radical (unpaired) electrons. The first-order valence-corrected chi connectivity index (χ1v) is 8.36. The Bertz CT molecular complexity index is 480. The van der Waals surface area contributed by atoms with Gasteiger partial charge in [0.1, 0.15) is 5.78 Å². The predicted molar refractivity (Wildman–Crippen MR) is 89.7 cm³/mol. The van der Waals surface area contributed by atoms with Crippen molar-refractivity contribution in [1.82, 2.24) is 0 Å². The zero-order valence-electron chi connectivity index (χ0n) is 13.9. The second kappa shape index (κ2) is 7.11. The quantitative estimate of drug-likeness (QED) is 0.796. The molecule has 0 spiro atoms. The zero-order chi connectivity index (χ0) is 15.4. The molecule has 0 aromatic heterocycles. The standard InChI is InChI=1S/C19H29NO/c1-5-20(18-9-7-6-8-15(18)4)13-17-12-16(14(2)3)10-11-19(17)21/h6-9,14,16-17H,5,10-13H2,1-4H3. The second-order valence-electron chi connectivity index (χ2n) is 6.77. The molecular formula is C19H29NO. The summed E-state index contributed by atoms with van der Waals surface area (Å²) < 4.78 is 0. The smallest absolute Gasteiger partial charge is 0.137 e. The molecule has 0 saturated heterocycles. The highest BCUT2D eigenvalue weighted by molar-refractivity contribution is 5.82. The molecule has 1 aliphatic rings. The molecule has 2 unspecified atom stereocenters. The van der Waals surface area contributed by atoms with E-state index in [1.807, 2.05) is 0 Å². The van der Waals surface area contributed by atoms with Crippen LogP contribution in [0.25, 0.3) is 0 Å². The number of aryl methyl sites for hydroxylation is 1. The Kier molecular flexibility index (Phi) is 5.44. The van der Waals surface area contributed by atoms with Crippen LogP contribution < -0.4 is 4.90 Å². The molecule has 2 atom stereocenters. The van der Waals surface area contributed by atoms with Crippen molar-refractivity contribution in [3.8, 4) is 0 Å². The molecule has 116 valence electrons. The average Bonchev–Trinajstić information content (AvgIpc) is 2.47. The number of ketones is 1. The van der Waals surface area contributed by atoms with Crippen LogP contribution in [0, 0.1) is 24.7 Å². The first kappa shape index (κ1) is 16.1. The van der Waals surface area contributed by atoms with E-state index in [4.69, 9.17) is 0 Å². The van der Waals surface area contributed by atoms with E-state index in [1.165, 1.54) is 11.3 Å². The number of benzene rings is 1. The van der Waals surface area contributed by atoms with E-state index >= 15 is 0 Å². The fourth-order valence-electron chi connectivity index (χ4n) is 3.51.